The molecule has 0 aliphatic carbocycles. The molecule has 2 atom stereocenters. The summed E-state index contributed by atoms with van der Waals surface area (Å²) in [6.07, 6.45) is 2.80. The summed E-state index contributed by atoms with van der Waals surface area (Å²) < 4.78 is 0. The Morgan fingerprint density at radius 1 is 1.19 bits per heavy atom. The summed E-state index contributed by atoms with van der Waals surface area (Å²) in [5.74, 6) is 0.589. The number of hydrogen-bond acceptors (Lipinski definition) is 3. The highest BCUT2D eigenvalue weighted by Crippen LogP contribution is 2.23. The summed E-state index contributed by atoms with van der Waals surface area (Å²) >= 11 is 0. The Bertz CT molecular complexity index is 442. The van der Waals surface area contributed by atoms with Gasteiger partial charge in [-0.15, -0.1) is 0 Å². The first kappa shape index (κ1) is 15.0. The highest BCUT2D eigenvalue weighted by molar-refractivity contribution is 5.25. The van der Waals surface area contributed by atoms with Crippen LogP contribution in [0.2, 0.25) is 0 Å². The van der Waals surface area contributed by atoms with E-state index >= 15 is 0 Å². The molecule has 2 fully saturated rings. The summed E-state index contributed by atoms with van der Waals surface area (Å²) in [6.45, 7) is 9.53. The van der Waals surface area contributed by atoms with Gasteiger partial charge in [0.15, 0.2) is 0 Å². The number of likely N-dealkylation sites (N-methyl/N-ethyl adjacent to an activating group) is 1. The van der Waals surface area contributed by atoms with Gasteiger partial charge in [-0.2, -0.15) is 0 Å². The Hall–Kier alpha value is -0.900. The average molecular weight is 287 g/mol. The van der Waals surface area contributed by atoms with E-state index < -0.39 is 0 Å². The fourth-order valence-corrected chi connectivity index (χ4v) is 3.83. The van der Waals surface area contributed by atoms with Gasteiger partial charge in [0.2, 0.25) is 0 Å². The van der Waals surface area contributed by atoms with Gasteiger partial charge in [-0.1, -0.05) is 31.2 Å². The van der Waals surface area contributed by atoms with Gasteiger partial charge >= 0.3 is 0 Å². The molecule has 0 spiro atoms. The summed E-state index contributed by atoms with van der Waals surface area (Å²) in [4.78, 5) is 5.32. The normalized spacial score (nSPS) is 25.0. The van der Waals surface area contributed by atoms with E-state index in [1.807, 2.05) is 7.05 Å². The van der Waals surface area contributed by atoms with Gasteiger partial charge in [0, 0.05) is 38.8 Å². The Labute approximate surface area is 129 Å². The first-order valence-electron chi connectivity index (χ1n) is 8.46. The zero-order valence-corrected chi connectivity index (χ0v) is 13.5. The first-order valence-corrected chi connectivity index (χ1v) is 8.46. The minimum absolute atomic E-state index is 0.589. The molecule has 1 N–H and O–H groups in total. The van der Waals surface area contributed by atoms with Crippen LogP contribution in [-0.2, 0) is 6.54 Å². The van der Waals surface area contributed by atoms with Gasteiger partial charge in [0.25, 0.3) is 0 Å². The number of rotatable bonds is 5. The highest BCUT2D eigenvalue weighted by atomic mass is 15.3. The zero-order chi connectivity index (χ0) is 14.7. The van der Waals surface area contributed by atoms with Crippen LogP contribution in [0.15, 0.2) is 24.3 Å². The molecule has 3 rings (SSSR count). The average Bonchev–Trinajstić information content (AvgIpc) is 2.96. The number of piperazine rings is 1. The molecule has 0 saturated carbocycles. The van der Waals surface area contributed by atoms with E-state index in [1.165, 1.54) is 50.1 Å². The van der Waals surface area contributed by atoms with Crippen LogP contribution in [-0.4, -0.2) is 55.6 Å². The molecule has 116 valence electrons. The maximum Gasteiger partial charge on any atom is 0.0234 e. The van der Waals surface area contributed by atoms with Crippen molar-refractivity contribution in [2.75, 3.05) is 39.8 Å². The Morgan fingerprint density at radius 2 is 2.00 bits per heavy atom. The molecule has 2 heterocycles. The van der Waals surface area contributed by atoms with Crippen molar-refractivity contribution in [2.24, 2.45) is 0 Å². The van der Waals surface area contributed by atoms with Crippen LogP contribution < -0.4 is 5.32 Å². The molecular formula is C18H29N3. The van der Waals surface area contributed by atoms with Crippen LogP contribution in [0.5, 0.6) is 0 Å². The standard InChI is InChI=1S/C18H29N3/c1-15(12-19-2)17-7-5-16(6-8-17)13-20-10-11-21-9-3-4-18(21)14-20/h5-8,15,18-19H,3-4,9-14H2,1-2H3. The van der Waals surface area contributed by atoms with Crippen molar-refractivity contribution in [3.63, 3.8) is 0 Å². The van der Waals surface area contributed by atoms with E-state index in [-0.39, 0.29) is 0 Å². The SMILES string of the molecule is CNCC(C)c1ccc(CN2CCN3CCCC3C2)cc1. The van der Waals surface area contributed by atoms with Crippen molar-refractivity contribution in [3.05, 3.63) is 35.4 Å². The lowest BCUT2D eigenvalue weighted by Crippen LogP contribution is -2.49. The van der Waals surface area contributed by atoms with Gasteiger partial charge in [0.1, 0.15) is 0 Å². The van der Waals surface area contributed by atoms with E-state index in [1.54, 1.807) is 0 Å². The first-order chi connectivity index (χ1) is 10.3. The van der Waals surface area contributed by atoms with Crippen LogP contribution in [0.4, 0.5) is 0 Å². The van der Waals surface area contributed by atoms with Crippen LogP contribution in [0.3, 0.4) is 0 Å². The van der Waals surface area contributed by atoms with E-state index in [0.29, 0.717) is 5.92 Å². The number of nitrogens with zero attached hydrogens (tertiary/aromatic N) is 2. The van der Waals surface area contributed by atoms with Gasteiger partial charge in [-0.25, -0.2) is 0 Å². The van der Waals surface area contributed by atoms with Gasteiger partial charge in [-0.3, -0.25) is 9.80 Å². The maximum absolute atomic E-state index is 3.25. The summed E-state index contributed by atoms with van der Waals surface area (Å²) in [5, 5.41) is 3.25. The third-order valence-corrected chi connectivity index (χ3v) is 5.14. The largest absolute Gasteiger partial charge is 0.319 e. The second-order valence-corrected chi connectivity index (χ2v) is 6.77. The van der Waals surface area contributed by atoms with Crippen molar-refractivity contribution in [1.29, 1.82) is 0 Å². The molecule has 1 aromatic rings. The number of hydrogen-bond donors (Lipinski definition) is 1. The van der Waals surface area contributed by atoms with Crippen molar-refractivity contribution in [3.8, 4) is 0 Å². The second kappa shape index (κ2) is 6.91. The van der Waals surface area contributed by atoms with Crippen LogP contribution in [0.1, 0.15) is 36.8 Å². The lowest BCUT2D eigenvalue weighted by molar-refractivity contribution is 0.0994. The summed E-state index contributed by atoms with van der Waals surface area (Å²) in [6, 6.07) is 10.1. The number of nitrogens with one attached hydrogen (secondary N) is 1. The lowest BCUT2D eigenvalue weighted by atomic mass is 9.99. The molecule has 0 amide bonds. The van der Waals surface area contributed by atoms with Crippen LogP contribution in [0, 0.1) is 0 Å². The van der Waals surface area contributed by atoms with E-state index in [0.717, 1.165) is 19.1 Å². The monoisotopic (exact) mass is 287 g/mol. The molecular weight excluding hydrogens is 258 g/mol. The Morgan fingerprint density at radius 3 is 2.76 bits per heavy atom. The van der Waals surface area contributed by atoms with Crippen LogP contribution in [0.25, 0.3) is 0 Å². The fourth-order valence-electron chi connectivity index (χ4n) is 3.83. The zero-order valence-electron chi connectivity index (χ0n) is 13.5. The van der Waals surface area contributed by atoms with Gasteiger partial charge in [-0.05, 0) is 43.5 Å². The quantitative estimate of drug-likeness (QED) is 0.896. The minimum atomic E-state index is 0.589. The Kier molecular flexibility index (Phi) is 4.94. The Balaban J connectivity index is 1.55. The maximum atomic E-state index is 3.25. The van der Waals surface area contributed by atoms with Crippen molar-refractivity contribution in [2.45, 2.75) is 38.3 Å². The summed E-state index contributed by atoms with van der Waals surface area (Å²) in [5.41, 5.74) is 2.90. The van der Waals surface area contributed by atoms with E-state index in [2.05, 4.69) is 46.3 Å². The molecule has 3 nitrogen and oxygen atoms in total. The molecule has 1 aromatic carbocycles. The van der Waals surface area contributed by atoms with Gasteiger partial charge < -0.3 is 5.32 Å². The molecule has 0 bridgehead atoms. The molecule has 2 aliphatic rings. The number of benzene rings is 1. The predicted molar refractivity (Wildman–Crippen MR) is 88.7 cm³/mol. The molecule has 2 unspecified atom stereocenters. The van der Waals surface area contributed by atoms with Crippen LogP contribution >= 0.6 is 0 Å². The third kappa shape index (κ3) is 3.65. The minimum Gasteiger partial charge on any atom is -0.319 e. The molecule has 21 heavy (non-hydrogen) atoms. The second-order valence-electron chi connectivity index (χ2n) is 6.77. The van der Waals surface area contributed by atoms with Gasteiger partial charge in [0.05, 0.1) is 0 Å². The third-order valence-electron chi connectivity index (χ3n) is 5.14. The predicted octanol–water partition coefficient (Wildman–Crippen LogP) is 2.29. The van der Waals surface area contributed by atoms with E-state index in [9.17, 15) is 0 Å². The molecule has 3 heteroatoms. The number of fused-ring (bicyclic) bond motifs is 1. The van der Waals surface area contributed by atoms with E-state index in [4.69, 9.17) is 0 Å². The molecule has 2 saturated heterocycles. The lowest BCUT2D eigenvalue weighted by Gasteiger charge is -2.37. The fraction of sp³-hybridized carbons (Fsp3) is 0.667. The smallest absolute Gasteiger partial charge is 0.0234 e. The molecule has 0 aromatic heterocycles. The van der Waals surface area contributed by atoms with Crippen molar-refractivity contribution < 1.29 is 0 Å². The van der Waals surface area contributed by atoms with Crippen molar-refractivity contribution >= 4 is 0 Å². The van der Waals surface area contributed by atoms with Crippen molar-refractivity contribution in [1.82, 2.24) is 15.1 Å². The molecule has 2 aliphatic heterocycles. The highest BCUT2D eigenvalue weighted by Gasteiger charge is 2.30. The topological polar surface area (TPSA) is 18.5 Å². The molecule has 0 radical (unpaired) electrons. The summed E-state index contributed by atoms with van der Waals surface area (Å²) in [7, 11) is 2.02.